The van der Waals surface area contributed by atoms with Gasteiger partial charge < -0.3 is 5.32 Å². The molecule has 1 aromatic carbocycles. The van der Waals surface area contributed by atoms with Crippen LogP contribution in [0.1, 0.15) is 5.56 Å². The molecule has 0 aliphatic carbocycles. The molecule has 0 saturated heterocycles. The summed E-state index contributed by atoms with van der Waals surface area (Å²) in [5.41, 5.74) is 1.94. The molecule has 1 heterocycles. The molecule has 1 aromatic heterocycles. The lowest BCUT2D eigenvalue weighted by Crippen LogP contribution is -2.05. The van der Waals surface area contributed by atoms with Gasteiger partial charge in [0.25, 0.3) is 0 Å². The summed E-state index contributed by atoms with van der Waals surface area (Å²) in [6.07, 6.45) is 4.28. The number of nitrogens with one attached hydrogen (secondary N) is 1. The van der Waals surface area contributed by atoms with E-state index in [2.05, 4.69) is 26.2 Å². The highest BCUT2D eigenvalue weighted by Crippen LogP contribution is 2.13. The molecule has 4 heteroatoms. The van der Waals surface area contributed by atoms with Crippen molar-refractivity contribution < 1.29 is 4.39 Å². The van der Waals surface area contributed by atoms with E-state index in [0.717, 1.165) is 28.7 Å². The van der Waals surface area contributed by atoms with Crippen molar-refractivity contribution in [1.29, 1.82) is 0 Å². The quantitative estimate of drug-likeness (QED) is 0.931. The molecule has 0 aliphatic heterocycles. The Morgan fingerprint density at radius 3 is 2.88 bits per heavy atom. The van der Waals surface area contributed by atoms with Gasteiger partial charge in [0.1, 0.15) is 5.82 Å². The second-order valence-electron chi connectivity index (χ2n) is 3.70. The third-order valence-electron chi connectivity index (χ3n) is 2.34. The SMILES string of the molecule is Fc1cccc(CCNc2cncc(Br)c2)c1. The third kappa shape index (κ3) is 3.82. The van der Waals surface area contributed by atoms with E-state index in [1.165, 1.54) is 6.07 Å². The van der Waals surface area contributed by atoms with Crippen LogP contribution in [0, 0.1) is 5.82 Å². The molecule has 0 saturated carbocycles. The molecule has 2 rings (SSSR count). The van der Waals surface area contributed by atoms with Crippen molar-refractivity contribution in [3.05, 3.63) is 58.6 Å². The number of anilines is 1. The van der Waals surface area contributed by atoms with E-state index in [1.54, 1.807) is 24.5 Å². The van der Waals surface area contributed by atoms with Gasteiger partial charge in [0.2, 0.25) is 0 Å². The molecule has 88 valence electrons. The van der Waals surface area contributed by atoms with Gasteiger partial charge in [-0.25, -0.2) is 4.39 Å². The number of aromatic nitrogens is 1. The second-order valence-corrected chi connectivity index (χ2v) is 4.61. The topological polar surface area (TPSA) is 24.9 Å². The molecule has 0 unspecified atom stereocenters. The van der Waals surface area contributed by atoms with Crippen molar-refractivity contribution in [3.8, 4) is 0 Å². The van der Waals surface area contributed by atoms with Gasteiger partial charge in [0.15, 0.2) is 0 Å². The van der Waals surface area contributed by atoms with Crippen LogP contribution in [0.15, 0.2) is 47.2 Å². The van der Waals surface area contributed by atoms with E-state index in [1.807, 2.05) is 12.1 Å². The third-order valence-corrected chi connectivity index (χ3v) is 2.77. The summed E-state index contributed by atoms with van der Waals surface area (Å²) in [5.74, 6) is -0.188. The normalized spacial score (nSPS) is 10.2. The zero-order chi connectivity index (χ0) is 12.1. The van der Waals surface area contributed by atoms with Crippen LogP contribution < -0.4 is 5.32 Å². The largest absolute Gasteiger partial charge is 0.383 e. The first kappa shape index (κ1) is 12.0. The van der Waals surface area contributed by atoms with Crippen LogP contribution in [0.2, 0.25) is 0 Å². The van der Waals surface area contributed by atoms with Gasteiger partial charge in [-0.3, -0.25) is 4.98 Å². The van der Waals surface area contributed by atoms with Crippen molar-refractivity contribution in [2.45, 2.75) is 6.42 Å². The Bertz CT molecular complexity index is 457. The lowest BCUT2D eigenvalue weighted by Gasteiger charge is -2.06. The van der Waals surface area contributed by atoms with Gasteiger partial charge in [-0.15, -0.1) is 0 Å². The van der Waals surface area contributed by atoms with Gasteiger partial charge in [0, 0.05) is 17.2 Å². The molecule has 0 bridgehead atoms. The lowest BCUT2D eigenvalue weighted by atomic mass is 10.1. The van der Waals surface area contributed by atoms with Crippen molar-refractivity contribution in [1.82, 2.24) is 4.98 Å². The standard InChI is InChI=1S/C13H12BrFN2/c14-11-7-13(9-16-8-11)17-5-4-10-2-1-3-12(15)6-10/h1-3,6-9,17H,4-5H2. The number of pyridine rings is 1. The van der Waals surface area contributed by atoms with Crippen molar-refractivity contribution >= 4 is 21.6 Å². The average Bonchev–Trinajstić information content (AvgIpc) is 2.29. The highest BCUT2D eigenvalue weighted by molar-refractivity contribution is 9.10. The summed E-state index contributed by atoms with van der Waals surface area (Å²) < 4.78 is 13.9. The minimum absolute atomic E-state index is 0.188. The summed E-state index contributed by atoms with van der Waals surface area (Å²) >= 11 is 3.36. The van der Waals surface area contributed by atoms with Gasteiger partial charge >= 0.3 is 0 Å². The number of hydrogen-bond acceptors (Lipinski definition) is 2. The Kier molecular flexibility index (Phi) is 4.09. The van der Waals surface area contributed by atoms with Gasteiger partial charge in [-0.05, 0) is 46.1 Å². The number of nitrogens with zero attached hydrogens (tertiary/aromatic N) is 1. The van der Waals surface area contributed by atoms with Crippen LogP contribution in [-0.2, 0) is 6.42 Å². The fourth-order valence-electron chi connectivity index (χ4n) is 1.55. The van der Waals surface area contributed by atoms with Gasteiger partial charge in [-0.2, -0.15) is 0 Å². The monoisotopic (exact) mass is 294 g/mol. The first-order valence-electron chi connectivity index (χ1n) is 5.33. The number of rotatable bonds is 4. The smallest absolute Gasteiger partial charge is 0.123 e. The highest BCUT2D eigenvalue weighted by atomic mass is 79.9. The Morgan fingerprint density at radius 1 is 1.24 bits per heavy atom. The number of benzene rings is 1. The zero-order valence-electron chi connectivity index (χ0n) is 9.16. The molecular weight excluding hydrogens is 283 g/mol. The molecule has 17 heavy (non-hydrogen) atoms. The molecule has 0 aliphatic rings. The predicted molar refractivity (Wildman–Crippen MR) is 70.5 cm³/mol. The summed E-state index contributed by atoms with van der Waals surface area (Å²) in [5, 5.41) is 3.24. The van der Waals surface area contributed by atoms with E-state index in [4.69, 9.17) is 0 Å². The fourth-order valence-corrected chi connectivity index (χ4v) is 1.92. The Morgan fingerprint density at radius 2 is 2.12 bits per heavy atom. The van der Waals surface area contributed by atoms with Crippen LogP contribution >= 0.6 is 15.9 Å². The molecule has 0 atom stereocenters. The Hall–Kier alpha value is -1.42. The zero-order valence-corrected chi connectivity index (χ0v) is 10.7. The first-order valence-corrected chi connectivity index (χ1v) is 6.12. The fraction of sp³-hybridized carbons (Fsp3) is 0.154. The van der Waals surface area contributed by atoms with Crippen molar-refractivity contribution in [2.75, 3.05) is 11.9 Å². The molecule has 0 amide bonds. The molecule has 0 spiro atoms. The second kappa shape index (κ2) is 5.77. The minimum atomic E-state index is -0.188. The number of halogens is 2. The van der Waals surface area contributed by atoms with E-state index in [-0.39, 0.29) is 5.82 Å². The van der Waals surface area contributed by atoms with Crippen LogP contribution in [0.5, 0.6) is 0 Å². The minimum Gasteiger partial charge on any atom is -0.383 e. The van der Waals surface area contributed by atoms with Crippen molar-refractivity contribution in [3.63, 3.8) is 0 Å². The maximum absolute atomic E-state index is 12.9. The van der Waals surface area contributed by atoms with E-state index < -0.39 is 0 Å². The van der Waals surface area contributed by atoms with E-state index >= 15 is 0 Å². The summed E-state index contributed by atoms with van der Waals surface area (Å²) in [7, 11) is 0. The van der Waals surface area contributed by atoms with Crippen molar-refractivity contribution in [2.24, 2.45) is 0 Å². The maximum atomic E-state index is 12.9. The molecule has 1 N–H and O–H groups in total. The van der Waals surface area contributed by atoms with E-state index in [9.17, 15) is 4.39 Å². The molecule has 0 fully saturated rings. The summed E-state index contributed by atoms with van der Waals surface area (Å²) in [6, 6.07) is 8.61. The summed E-state index contributed by atoms with van der Waals surface area (Å²) in [6.45, 7) is 0.752. The Balaban J connectivity index is 1.87. The van der Waals surface area contributed by atoms with Gasteiger partial charge in [0.05, 0.1) is 11.9 Å². The molecule has 0 radical (unpaired) electrons. The van der Waals surface area contributed by atoms with Crippen LogP contribution in [0.25, 0.3) is 0 Å². The van der Waals surface area contributed by atoms with Gasteiger partial charge in [-0.1, -0.05) is 12.1 Å². The highest BCUT2D eigenvalue weighted by Gasteiger charge is 1.97. The predicted octanol–water partition coefficient (Wildman–Crippen LogP) is 3.64. The average molecular weight is 295 g/mol. The van der Waals surface area contributed by atoms with Crippen LogP contribution in [0.4, 0.5) is 10.1 Å². The molecular formula is C13H12BrFN2. The lowest BCUT2D eigenvalue weighted by molar-refractivity contribution is 0.625. The first-order chi connectivity index (χ1) is 8.24. The number of hydrogen-bond donors (Lipinski definition) is 1. The van der Waals surface area contributed by atoms with Crippen LogP contribution in [0.3, 0.4) is 0 Å². The molecule has 2 nitrogen and oxygen atoms in total. The Labute approximate surface area is 108 Å². The van der Waals surface area contributed by atoms with E-state index in [0.29, 0.717) is 0 Å². The maximum Gasteiger partial charge on any atom is 0.123 e. The van der Waals surface area contributed by atoms with Crippen LogP contribution in [-0.4, -0.2) is 11.5 Å². The molecule has 2 aromatic rings. The summed E-state index contributed by atoms with van der Waals surface area (Å²) in [4.78, 5) is 4.05.